The summed E-state index contributed by atoms with van der Waals surface area (Å²) in [7, 11) is 0. The molecule has 0 unspecified atom stereocenters. The summed E-state index contributed by atoms with van der Waals surface area (Å²) in [6.45, 7) is 3.10. The zero-order valence-corrected chi connectivity index (χ0v) is 9.04. The molecule has 0 amide bonds. The molecule has 2 N–H and O–H groups in total. The first kappa shape index (κ1) is 10.3. The molecule has 2 rings (SSSR count). The lowest BCUT2D eigenvalue weighted by Gasteiger charge is -2.27. The van der Waals surface area contributed by atoms with Crippen molar-refractivity contribution in [3.8, 4) is 0 Å². The maximum Gasteiger partial charge on any atom is 0.148 e. The molecule has 1 aromatic rings. The van der Waals surface area contributed by atoms with Gasteiger partial charge in [0.15, 0.2) is 0 Å². The molecule has 0 bridgehead atoms. The smallest absolute Gasteiger partial charge is 0.148 e. The number of hydrogen-bond acceptors (Lipinski definition) is 5. The fourth-order valence-electron chi connectivity index (χ4n) is 1.42. The molecule has 80 valence electrons. The number of nitrogens with two attached hydrogens (primary N) is 1. The predicted molar refractivity (Wildman–Crippen MR) is 61.0 cm³/mol. The normalized spacial score (nSPS) is 16.4. The molecule has 0 saturated carbocycles. The maximum atomic E-state index is 5.50. The van der Waals surface area contributed by atoms with Crippen molar-refractivity contribution in [1.82, 2.24) is 9.97 Å². The number of nitrogens with zero attached hydrogens (tertiary/aromatic N) is 3. The number of hydrogen-bond donors (Lipinski definition) is 1. The van der Waals surface area contributed by atoms with Gasteiger partial charge < -0.3 is 15.4 Å². The molecule has 15 heavy (non-hydrogen) atoms. The molecule has 6 heteroatoms. The number of rotatable bonds is 2. The quantitative estimate of drug-likeness (QED) is 0.710. The van der Waals surface area contributed by atoms with Gasteiger partial charge in [0.2, 0.25) is 0 Å². The van der Waals surface area contributed by atoms with Crippen molar-refractivity contribution in [3.05, 3.63) is 18.1 Å². The van der Waals surface area contributed by atoms with E-state index in [0.29, 0.717) is 5.69 Å². The fraction of sp³-hybridized carbons (Fsp3) is 0.444. The number of anilines is 1. The van der Waals surface area contributed by atoms with Gasteiger partial charge in [-0.2, -0.15) is 0 Å². The summed E-state index contributed by atoms with van der Waals surface area (Å²) < 4.78 is 5.26. The summed E-state index contributed by atoms with van der Waals surface area (Å²) in [6, 6.07) is 0. The molecule has 1 saturated heterocycles. The molecular formula is C9H12N4OS. The summed E-state index contributed by atoms with van der Waals surface area (Å²) in [5.74, 6) is 0.809. The summed E-state index contributed by atoms with van der Waals surface area (Å²) in [6.07, 6.45) is 3.29. The standard InChI is InChI=1S/C9H12N4OS/c10-9(15)7-5-11-6-8(12-7)13-1-3-14-4-2-13/h5-6H,1-4H2,(H2,10,15). The van der Waals surface area contributed by atoms with E-state index < -0.39 is 0 Å². The molecule has 1 aliphatic heterocycles. The molecule has 0 aliphatic carbocycles. The van der Waals surface area contributed by atoms with Crippen LogP contribution in [0.3, 0.4) is 0 Å². The van der Waals surface area contributed by atoms with Gasteiger partial charge in [0.05, 0.1) is 25.6 Å². The van der Waals surface area contributed by atoms with Gasteiger partial charge >= 0.3 is 0 Å². The number of thiocarbonyl (C=S) groups is 1. The van der Waals surface area contributed by atoms with Crippen LogP contribution in [-0.4, -0.2) is 41.3 Å². The Balaban J connectivity index is 2.19. The monoisotopic (exact) mass is 224 g/mol. The highest BCUT2D eigenvalue weighted by Crippen LogP contribution is 2.11. The van der Waals surface area contributed by atoms with Crippen molar-refractivity contribution < 1.29 is 4.74 Å². The highest BCUT2D eigenvalue weighted by molar-refractivity contribution is 7.80. The minimum Gasteiger partial charge on any atom is -0.388 e. The van der Waals surface area contributed by atoms with Gasteiger partial charge in [0, 0.05) is 13.1 Å². The molecule has 0 aromatic carbocycles. The van der Waals surface area contributed by atoms with Gasteiger partial charge in [-0.1, -0.05) is 12.2 Å². The Morgan fingerprint density at radius 1 is 1.40 bits per heavy atom. The lowest BCUT2D eigenvalue weighted by Crippen LogP contribution is -2.37. The van der Waals surface area contributed by atoms with Crippen molar-refractivity contribution in [1.29, 1.82) is 0 Å². The van der Waals surface area contributed by atoms with E-state index in [0.717, 1.165) is 32.1 Å². The van der Waals surface area contributed by atoms with Gasteiger partial charge in [-0.15, -0.1) is 0 Å². The number of ether oxygens (including phenoxy) is 1. The van der Waals surface area contributed by atoms with E-state index in [9.17, 15) is 0 Å². The average Bonchev–Trinajstić information content (AvgIpc) is 2.30. The van der Waals surface area contributed by atoms with E-state index in [1.165, 1.54) is 0 Å². The van der Waals surface area contributed by atoms with Crippen LogP contribution in [0.1, 0.15) is 5.69 Å². The highest BCUT2D eigenvalue weighted by Gasteiger charge is 2.13. The Kier molecular flexibility index (Phi) is 3.08. The number of aromatic nitrogens is 2. The average molecular weight is 224 g/mol. The summed E-state index contributed by atoms with van der Waals surface area (Å²) >= 11 is 4.86. The second kappa shape index (κ2) is 4.50. The van der Waals surface area contributed by atoms with E-state index >= 15 is 0 Å². The summed E-state index contributed by atoms with van der Waals surface area (Å²) in [4.78, 5) is 10.8. The minimum atomic E-state index is 0.276. The molecule has 1 fully saturated rings. The Bertz CT molecular complexity index is 365. The number of morpholine rings is 1. The molecule has 0 radical (unpaired) electrons. The van der Waals surface area contributed by atoms with Crippen LogP contribution >= 0.6 is 12.2 Å². The first-order chi connectivity index (χ1) is 7.27. The third-order valence-corrected chi connectivity index (χ3v) is 2.42. The molecule has 0 atom stereocenters. The topological polar surface area (TPSA) is 64.3 Å². The SMILES string of the molecule is NC(=S)c1cncc(N2CCOCC2)n1. The summed E-state index contributed by atoms with van der Waals surface area (Å²) in [5.41, 5.74) is 6.06. The van der Waals surface area contributed by atoms with Gasteiger partial charge in [0.1, 0.15) is 16.5 Å². The second-order valence-corrected chi connectivity index (χ2v) is 3.67. The second-order valence-electron chi connectivity index (χ2n) is 3.23. The van der Waals surface area contributed by atoms with Crippen LogP contribution in [0.4, 0.5) is 5.82 Å². The lowest BCUT2D eigenvalue weighted by atomic mass is 10.4. The van der Waals surface area contributed by atoms with Crippen LogP contribution < -0.4 is 10.6 Å². The molecule has 5 nitrogen and oxygen atoms in total. The van der Waals surface area contributed by atoms with Crippen molar-refractivity contribution >= 4 is 23.0 Å². The first-order valence-corrected chi connectivity index (χ1v) is 5.13. The molecule has 0 spiro atoms. The van der Waals surface area contributed by atoms with Gasteiger partial charge in [-0.3, -0.25) is 4.98 Å². The third-order valence-electron chi connectivity index (χ3n) is 2.21. The zero-order chi connectivity index (χ0) is 10.7. The summed E-state index contributed by atoms with van der Waals surface area (Å²) in [5, 5.41) is 0. The van der Waals surface area contributed by atoms with Crippen LogP contribution in [0.2, 0.25) is 0 Å². The third kappa shape index (κ3) is 2.40. The first-order valence-electron chi connectivity index (χ1n) is 4.72. The lowest BCUT2D eigenvalue weighted by molar-refractivity contribution is 0.122. The van der Waals surface area contributed by atoms with E-state index in [-0.39, 0.29) is 4.99 Å². The van der Waals surface area contributed by atoms with Gasteiger partial charge in [-0.25, -0.2) is 4.98 Å². The van der Waals surface area contributed by atoms with E-state index in [2.05, 4.69) is 14.9 Å². The Hall–Kier alpha value is -1.27. The van der Waals surface area contributed by atoms with Crippen LogP contribution in [0.15, 0.2) is 12.4 Å². The Morgan fingerprint density at radius 3 is 2.80 bits per heavy atom. The largest absolute Gasteiger partial charge is 0.388 e. The van der Waals surface area contributed by atoms with Crippen LogP contribution in [-0.2, 0) is 4.74 Å². The van der Waals surface area contributed by atoms with Crippen molar-refractivity contribution in [2.75, 3.05) is 31.2 Å². The predicted octanol–water partition coefficient (Wildman–Crippen LogP) is -0.0526. The highest BCUT2D eigenvalue weighted by atomic mass is 32.1. The Labute approximate surface area is 93.3 Å². The van der Waals surface area contributed by atoms with Crippen molar-refractivity contribution in [2.24, 2.45) is 5.73 Å². The van der Waals surface area contributed by atoms with Crippen LogP contribution in [0.5, 0.6) is 0 Å². The van der Waals surface area contributed by atoms with E-state index in [1.807, 2.05) is 0 Å². The van der Waals surface area contributed by atoms with Crippen molar-refractivity contribution in [3.63, 3.8) is 0 Å². The van der Waals surface area contributed by atoms with Crippen molar-refractivity contribution in [2.45, 2.75) is 0 Å². The fourth-order valence-corrected chi connectivity index (χ4v) is 1.52. The molecule has 1 aromatic heterocycles. The van der Waals surface area contributed by atoms with E-state index in [1.54, 1.807) is 12.4 Å². The minimum absolute atomic E-state index is 0.276. The Morgan fingerprint density at radius 2 is 2.13 bits per heavy atom. The molecule has 1 aliphatic rings. The maximum absolute atomic E-state index is 5.50. The van der Waals surface area contributed by atoms with Gasteiger partial charge in [0.25, 0.3) is 0 Å². The van der Waals surface area contributed by atoms with Crippen LogP contribution in [0.25, 0.3) is 0 Å². The molecular weight excluding hydrogens is 212 g/mol. The van der Waals surface area contributed by atoms with E-state index in [4.69, 9.17) is 22.7 Å². The molecule has 2 heterocycles. The van der Waals surface area contributed by atoms with Crippen LogP contribution in [0, 0.1) is 0 Å². The van der Waals surface area contributed by atoms with Gasteiger partial charge in [-0.05, 0) is 0 Å². The zero-order valence-electron chi connectivity index (χ0n) is 8.22.